The maximum absolute atomic E-state index is 12.9. The molecular formula is C27H25BrN4O6S. The summed E-state index contributed by atoms with van der Waals surface area (Å²) in [6.07, 6.45) is 1.09. The van der Waals surface area contributed by atoms with Gasteiger partial charge in [-0.3, -0.25) is 19.5 Å². The van der Waals surface area contributed by atoms with Crippen molar-refractivity contribution >= 4 is 43.5 Å². The fourth-order valence-electron chi connectivity index (χ4n) is 3.79. The third-order valence-electron chi connectivity index (χ3n) is 5.94. The fourth-order valence-corrected chi connectivity index (χ4v) is 5.32. The molecule has 10 nitrogen and oxygen atoms in total. The van der Waals surface area contributed by atoms with E-state index < -0.39 is 27.2 Å². The number of hydrogen-bond acceptors (Lipinski definition) is 7. The van der Waals surface area contributed by atoms with Crippen LogP contribution in [0, 0.1) is 20.8 Å². The number of hydrogen-bond donors (Lipinski definition) is 3. The van der Waals surface area contributed by atoms with Gasteiger partial charge in [-0.1, -0.05) is 33.6 Å². The molecule has 0 aliphatic heterocycles. The lowest BCUT2D eigenvalue weighted by atomic mass is 10.1. The van der Waals surface area contributed by atoms with Crippen molar-refractivity contribution < 1.29 is 18.3 Å². The van der Waals surface area contributed by atoms with Crippen LogP contribution in [-0.4, -0.2) is 36.4 Å². The number of H-pyrrole nitrogens is 1. The monoisotopic (exact) mass is 612 g/mol. The van der Waals surface area contributed by atoms with E-state index in [1.807, 2.05) is 13.8 Å². The highest BCUT2D eigenvalue weighted by molar-refractivity contribution is 9.10. The van der Waals surface area contributed by atoms with Crippen molar-refractivity contribution in [3.8, 4) is 17.3 Å². The Morgan fingerprint density at radius 3 is 2.38 bits per heavy atom. The lowest BCUT2D eigenvalue weighted by molar-refractivity contribution is 0.415. The normalized spacial score (nSPS) is 11.6. The summed E-state index contributed by atoms with van der Waals surface area (Å²) in [5.41, 5.74) is 1.55. The number of nitrogens with zero attached hydrogens (tertiary/aromatic N) is 2. The van der Waals surface area contributed by atoms with Crippen LogP contribution in [0.3, 0.4) is 0 Å². The van der Waals surface area contributed by atoms with E-state index in [-0.39, 0.29) is 21.9 Å². The highest BCUT2D eigenvalue weighted by Gasteiger charge is 2.19. The first-order valence-electron chi connectivity index (χ1n) is 11.6. The molecule has 0 saturated carbocycles. The number of aromatic amines is 1. The second-order valence-corrected chi connectivity index (χ2v) is 11.3. The number of rotatable bonds is 7. The second-order valence-electron chi connectivity index (χ2n) is 8.78. The summed E-state index contributed by atoms with van der Waals surface area (Å²) in [5, 5.41) is 10.9. The van der Waals surface area contributed by atoms with Gasteiger partial charge in [-0.05, 0) is 68.3 Å². The summed E-state index contributed by atoms with van der Waals surface area (Å²) >= 11 is 3.43. The molecule has 0 fully saturated rings. The zero-order valence-corrected chi connectivity index (χ0v) is 23.8. The summed E-state index contributed by atoms with van der Waals surface area (Å²) < 4.78 is 35.4. The van der Waals surface area contributed by atoms with Crippen molar-refractivity contribution in [2.45, 2.75) is 25.7 Å². The Balaban J connectivity index is 1.72. The molecule has 0 saturated heterocycles. The minimum Gasteiger partial charge on any atom is -0.494 e. The molecule has 0 aliphatic carbocycles. The highest BCUT2D eigenvalue weighted by Crippen LogP contribution is 2.31. The fraction of sp³-hybridized carbons (Fsp3) is 0.148. The van der Waals surface area contributed by atoms with Gasteiger partial charge in [0.25, 0.3) is 15.6 Å². The van der Waals surface area contributed by atoms with Crippen molar-refractivity contribution in [1.82, 2.24) is 9.55 Å². The maximum atomic E-state index is 12.9. The van der Waals surface area contributed by atoms with Crippen LogP contribution in [0.2, 0.25) is 0 Å². The summed E-state index contributed by atoms with van der Waals surface area (Å²) in [7, 11) is -2.58. The molecule has 0 spiro atoms. The average Bonchev–Trinajstić information content (AvgIpc) is 2.88. The second kappa shape index (κ2) is 10.9. The topological polar surface area (TPSA) is 143 Å². The van der Waals surface area contributed by atoms with Crippen LogP contribution < -0.4 is 20.7 Å². The first-order valence-corrected chi connectivity index (χ1v) is 13.9. The maximum Gasteiger partial charge on any atom is 0.335 e. The Morgan fingerprint density at radius 1 is 1.03 bits per heavy atom. The number of aryl methyl sites for hydroxylation is 3. The highest BCUT2D eigenvalue weighted by atomic mass is 79.9. The molecule has 0 bridgehead atoms. The molecule has 202 valence electrons. The van der Waals surface area contributed by atoms with Crippen LogP contribution in [0.1, 0.15) is 22.3 Å². The standard InChI is InChI=1S/C27H25BrN4O6S/c1-15-5-7-18(8-6-15)31-39(36,37)19-9-10-22(24(13-19)38-4)29-14-20-25(33)30-27(35)32(26(20)34)23-12-16(2)21(28)11-17(23)3/h5-14,31,34H,1-4H3,(H,30,33,35). The molecule has 3 aromatic carbocycles. The van der Waals surface area contributed by atoms with E-state index >= 15 is 0 Å². The lowest BCUT2D eigenvalue weighted by Crippen LogP contribution is -2.31. The molecule has 0 aliphatic rings. The minimum atomic E-state index is -3.93. The molecule has 0 radical (unpaired) electrons. The zero-order chi connectivity index (χ0) is 28.5. The van der Waals surface area contributed by atoms with Crippen LogP contribution in [0.25, 0.3) is 5.69 Å². The van der Waals surface area contributed by atoms with Gasteiger partial charge in [0, 0.05) is 22.4 Å². The number of aromatic hydroxyl groups is 1. The first-order chi connectivity index (χ1) is 18.4. The van der Waals surface area contributed by atoms with Crippen LogP contribution >= 0.6 is 15.9 Å². The Bertz CT molecular complexity index is 1830. The van der Waals surface area contributed by atoms with Gasteiger partial charge in [-0.2, -0.15) is 0 Å². The smallest absolute Gasteiger partial charge is 0.335 e. The van der Waals surface area contributed by atoms with Gasteiger partial charge in [0.2, 0.25) is 5.88 Å². The van der Waals surface area contributed by atoms with E-state index in [0.717, 1.165) is 26.4 Å². The molecule has 12 heteroatoms. The Hall–Kier alpha value is -4.16. The van der Waals surface area contributed by atoms with Gasteiger partial charge in [-0.25, -0.2) is 17.8 Å². The van der Waals surface area contributed by atoms with E-state index in [0.29, 0.717) is 16.9 Å². The molecule has 4 rings (SSSR count). The number of aliphatic imine (C=N–C) groups is 1. The third kappa shape index (κ3) is 5.81. The van der Waals surface area contributed by atoms with E-state index in [1.54, 1.807) is 43.3 Å². The van der Waals surface area contributed by atoms with Crippen LogP contribution in [0.4, 0.5) is 11.4 Å². The van der Waals surface area contributed by atoms with Crippen LogP contribution in [0.5, 0.6) is 11.6 Å². The summed E-state index contributed by atoms with van der Waals surface area (Å²) in [6.45, 7) is 5.49. The third-order valence-corrected chi connectivity index (χ3v) is 8.17. The van der Waals surface area contributed by atoms with Crippen molar-refractivity contribution in [2.75, 3.05) is 11.8 Å². The first kappa shape index (κ1) is 27.9. The number of benzene rings is 3. The number of nitrogens with one attached hydrogen (secondary N) is 2. The van der Waals surface area contributed by atoms with Crippen molar-refractivity contribution in [1.29, 1.82) is 0 Å². The average molecular weight is 613 g/mol. The molecule has 1 heterocycles. The Morgan fingerprint density at radius 2 is 1.72 bits per heavy atom. The number of halogens is 1. The largest absolute Gasteiger partial charge is 0.494 e. The summed E-state index contributed by atoms with van der Waals surface area (Å²) in [5.74, 6) is -0.487. The lowest BCUT2D eigenvalue weighted by Gasteiger charge is -2.14. The van der Waals surface area contributed by atoms with Crippen LogP contribution in [0.15, 0.2) is 78.5 Å². The number of ether oxygens (including phenoxy) is 1. The van der Waals surface area contributed by atoms with Gasteiger partial charge in [0.1, 0.15) is 17.0 Å². The predicted octanol–water partition coefficient (Wildman–Crippen LogP) is 4.48. The minimum absolute atomic E-state index is 0.0609. The molecule has 0 atom stereocenters. The zero-order valence-electron chi connectivity index (χ0n) is 21.4. The van der Waals surface area contributed by atoms with Crippen LogP contribution in [-0.2, 0) is 10.0 Å². The van der Waals surface area contributed by atoms with E-state index in [2.05, 4.69) is 30.6 Å². The van der Waals surface area contributed by atoms with Gasteiger partial charge < -0.3 is 9.84 Å². The molecular weight excluding hydrogens is 588 g/mol. The van der Waals surface area contributed by atoms with E-state index in [1.165, 1.54) is 25.3 Å². The van der Waals surface area contributed by atoms with Gasteiger partial charge in [0.05, 0.1) is 17.7 Å². The summed E-state index contributed by atoms with van der Waals surface area (Å²) in [6, 6.07) is 14.4. The summed E-state index contributed by atoms with van der Waals surface area (Å²) in [4.78, 5) is 31.6. The van der Waals surface area contributed by atoms with Crippen molar-refractivity contribution in [3.05, 3.63) is 102 Å². The number of sulfonamides is 1. The van der Waals surface area contributed by atoms with E-state index in [4.69, 9.17) is 4.74 Å². The van der Waals surface area contributed by atoms with Gasteiger partial charge >= 0.3 is 5.69 Å². The predicted molar refractivity (Wildman–Crippen MR) is 154 cm³/mol. The number of aromatic nitrogens is 2. The van der Waals surface area contributed by atoms with Crippen molar-refractivity contribution in [3.63, 3.8) is 0 Å². The quantitative estimate of drug-likeness (QED) is 0.263. The van der Waals surface area contributed by atoms with E-state index in [9.17, 15) is 23.1 Å². The number of anilines is 1. The molecule has 39 heavy (non-hydrogen) atoms. The van der Waals surface area contributed by atoms with Gasteiger partial charge in [0.15, 0.2) is 0 Å². The molecule has 0 unspecified atom stereocenters. The van der Waals surface area contributed by atoms with Crippen molar-refractivity contribution in [2.24, 2.45) is 4.99 Å². The SMILES string of the molecule is COc1cc(S(=O)(=O)Nc2ccc(C)cc2)ccc1N=Cc1c(O)n(-c2cc(C)c(Br)cc2C)c(=O)[nH]c1=O. The van der Waals surface area contributed by atoms with Gasteiger partial charge in [-0.15, -0.1) is 0 Å². The molecule has 1 aromatic heterocycles. The molecule has 4 aromatic rings. The number of methoxy groups -OCH3 is 1. The Kier molecular flexibility index (Phi) is 7.79. The molecule has 0 amide bonds. The molecule has 3 N–H and O–H groups in total. The Labute approximate surface area is 232 Å².